The second-order valence-corrected chi connectivity index (χ2v) is 4.91. The van der Waals surface area contributed by atoms with Crippen molar-refractivity contribution in [3.8, 4) is 11.6 Å². The molecule has 0 bridgehead atoms. The average molecular weight is 260 g/mol. The van der Waals surface area contributed by atoms with Gasteiger partial charge in [0.05, 0.1) is 0 Å². The van der Waals surface area contributed by atoms with E-state index in [4.69, 9.17) is 15.0 Å². The van der Waals surface area contributed by atoms with Crippen molar-refractivity contribution in [2.24, 2.45) is 0 Å². The first-order valence-electron chi connectivity index (χ1n) is 6.38. The van der Waals surface area contributed by atoms with Crippen molar-refractivity contribution in [1.29, 1.82) is 0 Å². The van der Waals surface area contributed by atoms with Gasteiger partial charge >= 0.3 is 0 Å². The maximum absolute atomic E-state index is 5.79. The van der Waals surface area contributed by atoms with Gasteiger partial charge in [0, 0.05) is 6.61 Å². The normalized spacial score (nSPS) is 23.4. The number of rotatable bonds is 2. The number of pyridine rings is 1. The number of nitrogens with two attached hydrogens (primary N) is 1. The molecule has 1 atom stereocenters. The minimum atomic E-state index is -0.458. The Labute approximate surface area is 111 Å². The van der Waals surface area contributed by atoms with E-state index in [-0.39, 0.29) is 0 Å². The van der Waals surface area contributed by atoms with Crippen LogP contribution in [0.4, 0.5) is 5.82 Å². The summed E-state index contributed by atoms with van der Waals surface area (Å²) in [6, 6.07) is 5.31. The summed E-state index contributed by atoms with van der Waals surface area (Å²) in [4.78, 5) is 8.56. The van der Waals surface area contributed by atoms with Crippen molar-refractivity contribution in [2.45, 2.75) is 31.8 Å². The van der Waals surface area contributed by atoms with Gasteiger partial charge in [0.2, 0.25) is 5.82 Å². The summed E-state index contributed by atoms with van der Waals surface area (Å²) in [6.45, 7) is 2.73. The number of nitrogens with zero attached hydrogens (tertiary/aromatic N) is 3. The topological polar surface area (TPSA) is 87.1 Å². The molecule has 0 aliphatic carbocycles. The molecular formula is C13H16N4O2. The van der Waals surface area contributed by atoms with Crippen molar-refractivity contribution in [1.82, 2.24) is 15.1 Å². The first-order chi connectivity index (χ1) is 9.17. The van der Waals surface area contributed by atoms with Crippen LogP contribution < -0.4 is 5.73 Å². The van der Waals surface area contributed by atoms with Gasteiger partial charge in [-0.3, -0.25) is 0 Å². The van der Waals surface area contributed by atoms with Gasteiger partial charge < -0.3 is 15.0 Å². The average Bonchev–Trinajstić information content (AvgIpc) is 2.90. The van der Waals surface area contributed by atoms with Crippen LogP contribution in [-0.4, -0.2) is 21.7 Å². The van der Waals surface area contributed by atoms with Crippen molar-refractivity contribution >= 4 is 5.82 Å². The molecule has 0 aromatic carbocycles. The first kappa shape index (κ1) is 12.1. The summed E-state index contributed by atoms with van der Waals surface area (Å²) in [5, 5.41) is 4.03. The second kappa shape index (κ2) is 4.62. The van der Waals surface area contributed by atoms with Crippen molar-refractivity contribution in [2.75, 3.05) is 12.3 Å². The first-order valence-corrected chi connectivity index (χ1v) is 6.38. The van der Waals surface area contributed by atoms with Gasteiger partial charge in [-0.25, -0.2) is 4.98 Å². The van der Waals surface area contributed by atoms with E-state index in [0.717, 1.165) is 25.9 Å². The van der Waals surface area contributed by atoms with Gasteiger partial charge in [-0.1, -0.05) is 11.2 Å². The molecule has 1 unspecified atom stereocenters. The Bertz CT molecular complexity index is 576. The Hall–Kier alpha value is -1.95. The van der Waals surface area contributed by atoms with Crippen LogP contribution in [0.3, 0.4) is 0 Å². The molecule has 0 saturated carbocycles. The molecule has 1 aliphatic rings. The zero-order valence-corrected chi connectivity index (χ0v) is 10.8. The summed E-state index contributed by atoms with van der Waals surface area (Å²) in [5.74, 6) is 1.38. The van der Waals surface area contributed by atoms with Gasteiger partial charge in [0.25, 0.3) is 5.89 Å². The number of aromatic nitrogens is 3. The summed E-state index contributed by atoms with van der Waals surface area (Å²) in [7, 11) is 0. The zero-order chi connectivity index (χ0) is 13.3. The quantitative estimate of drug-likeness (QED) is 0.890. The Morgan fingerprint density at radius 2 is 2.16 bits per heavy atom. The molecule has 19 heavy (non-hydrogen) atoms. The van der Waals surface area contributed by atoms with E-state index in [1.165, 1.54) is 0 Å². The monoisotopic (exact) mass is 260 g/mol. The molecule has 3 heterocycles. The molecule has 1 fully saturated rings. The second-order valence-electron chi connectivity index (χ2n) is 4.91. The van der Waals surface area contributed by atoms with Crippen LogP contribution in [0, 0.1) is 0 Å². The molecule has 6 nitrogen and oxygen atoms in total. The summed E-state index contributed by atoms with van der Waals surface area (Å²) in [6.07, 6.45) is 3.09. The fraction of sp³-hybridized carbons (Fsp3) is 0.462. The molecule has 0 amide bonds. The van der Waals surface area contributed by atoms with Gasteiger partial charge in [-0.05, 0) is 38.3 Å². The fourth-order valence-corrected chi connectivity index (χ4v) is 2.22. The smallest absolute Gasteiger partial charge is 0.276 e. The summed E-state index contributed by atoms with van der Waals surface area (Å²) < 4.78 is 11.1. The van der Waals surface area contributed by atoms with Gasteiger partial charge in [-0.2, -0.15) is 4.98 Å². The molecule has 100 valence electrons. The van der Waals surface area contributed by atoms with E-state index >= 15 is 0 Å². The molecule has 2 N–H and O–H groups in total. The number of nitrogen functional groups attached to an aromatic ring is 1. The Kier molecular flexibility index (Phi) is 2.94. The number of hydrogen-bond acceptors (Lipinski definition) is 6. The third-order valence-electron chi connectivity index (χ3n) is 3.36. The minimum Gasteiger partial charge on any atom is -0.384 e. The van der Waals surface area contributed by atoms with Gasteiger partial charge in [0.1, 0.15) is 17.1 Å². The third-order valence-corrected chi connectivity index (χ3v) is 3.36. The lowest BCUT2D eigenvalue weighted by atomic mass is 9.95. The molecule has 0 spiro atoms. The Balaban J connectivity index is 1.91. The third kappa shape index (κ3) is 2.31. The highest BCUT2D eigenvalue weighted by Crippen LogP contribution is 2.33. The van der Waals surface area contributed by atoms with E-state index in [0.29, 0.717) is 23.2 Å². The Morgan fingerprint density at radius 1 is 1.26 bits per heavy atom. The lowest BCUT2D eigenvalue weighted by Crippen LogP contribution is -2.31. The highest BCUT2D eigenvalue weighted by molar-refractivity contribution is 5.50. The molecule has 0 radical (unpaired) electrons. The molecular weight excluding hydrogens is 244 g/mol. The van der Waals surface area contributed by atoms with Crippen LogP contribution in [0.5, 0.6) is 0 Å². The van der Waals surface area contributed by atoms with E-state index in [9.17, 15) is 0 Å². The van der Waals surface area contributed by atoms with E-state index < -0.39 is 5.60 Å². The molecule has 2 aromatic heterocycles. The molecule has 6 heteroatoms. The van der Waals surface area contributed by atoms with Crippen molar-refractivity contribution in [3.05, 3.63) is 24.0 Å². The predicted octanol–water partition coefficient (Wildman–Crippen LogP) is 2.13. The summed E-state index contributed by atoms with van der Waals surface area (Å²) in [5.41, 5.74) is 5.77. The number of hydrogen-bond donors (Lipinski definition) is 1. The largest absolute Gasteiger partial charge is 0.384 e. The highest BCUT2D eigenvalue weighted by Gasteiger charge is 2.35. The molecule has 1 saturated heterocycles. The van der Waals surface area contributed by atoms with Gasteiger partial charge in [-0.15, -0.1) is 0 Å². The predicted molar refractivity (Wildman–Crippen MR) is 69.1 cm³/mol. The maximum atomic E-state index is 5.79. The minimum absolute atomic E-state index is 0.373. The van der Waals surface area contributed by atoms with Crippen molar-refractivity contribution in [3.63, 3.8) is 0 Å². The van der Waals surface area contributed by atoms with Crippen LogP contribution in [-0.2, 0) is 10.3 Å². The molecule has 1 aliphatic heterocycles. The lowest BCUT2D eigenvalue weighted by Gasteiger charge is -2.30. The highest BCUT2D eigenvalue weighted by atomic mass is 16.5. The zero-order valence-electron chi connectivity index (χ0n) is 10.8. The Morgan fingerprint density at radius 3 is 2.89 bits per heavy atom. The van der Waals surface area contributed by atoms with E-state index in [1.807, 2.05) is 6.92 Å². The maximum Gasteiger partial charge on any atom is 0.276 e. The van der Waals surface area contributed by atoms with Crippen LogP contribution in [0.1, 0.15) is 32.0 Å². The van der Waals surface area contributed by atoms with Crippen LogP contribution in [0.15, 0.2) is 22.7 Å². The van der Waals surface area contributed by atoms with E-state index in [1.54, 1.807) is 18.2 Å². The number of anilines is 1. The van der Waals surface area contributed by atoms with Crippen LogP contribution >= 0.6 is 0 Å². The molecule has 3 rings (SSSR count). The standard InChI is InChI=1S/C13H16N4O2/c1-13(7-2-3-8-18-13)12-16-11(19-17-12)9-5-4-6-10(14)15-9/h4-6H,2-3,7-8H2,1H3,(H2,14,15). The van der Waals surface area contributed by atoms with Crippen molar-refractivity contribution < 1.29 is 9.26 Å². The fourth-order valence-electron chi connectivity index (χ4n) is 2.22. The van der Waals surface area contributed by atoms with Crippen LogP contribution in [0.25, 0.3) is 11.6 Å². The number of ether oxygens (including phenoxy) is 1. The van der Waals surface area contributed by atoms with E-state index in [2.05, 4.69) is 15.1 Å². The molecule has 2 aromatic rings. The van der Waals surface area contributed by atoms with Crippen LogP contribution in [0.2, 0.25) is 0 Å². The summed E-state index contributed by atoms with van der Waals surface area (Å²) >= 11 is 0. The van der Waals surface area contributed by atoms with Gasteiger partial charge in [0.15, 0.2) is 0 Å². The SMILES string of the molecule is CC1(c2noc(-c3cccc(N)n3)n2)CCCCO1. The lowest BCUT2D eigenvalue weighted by molar-refractivity contribution is -0.0770.